The summed E-state index contributed by atoms with van der Waals surface area (Å²) in [6.45, 7) is 7.52. The minimum atomic E-state index is -1.71. The molecule has 1 aromatic carbocycles. The maximum atomic E-state index is 6.07. The highest BCUT2D eigenvalue weighted by molar-refractivity contribution is 7.98. The zero-order chi connectivity index (χ0) is 21.0. The van der Waals surface area contributed by atoms with Crippen LogP contribution >= 0.6 is 46.6 Å². The van der Waals surface area contributed by atoms with Crippen LogP contribution in [0.3, 0.4) is 0 Å². The summed E-state index contributed by atoms with van der Waals surface area (Å²) >= 11 is 19.9. The second kappa shape index (κ2) is 10.0. The summed E-state index contributed by atoms with van der Waals surface area (Å²) in [5.74, 6) is 1.63. The van der Waals surface area contributed by atoms with Gasteiger partial charge in [0.1, 0.15) is 0 Å². The molecule has 0 unspecified atom stereocenters. The van der Waals surface area contributed by atoms with E-state index in [2.05, 4.69) is 39.0 Å². The van der Waals surface area contributed by atoms with Crippen LogP contribution in [0.25, 0.3) is 11.4 Å². The van der Waals surface area contributed by atoms with E-state index in [0.717, 1.165) is 42.9 Å². The summed E-state index contributed by atoms with van der Waals surface area (Å²) in [5, 5.41) is 3.34. The van der Waals surface area contributed by atoms with Crippen LogP contribution in [0, 0.1) is 5.92 Å². The predicted molar refractivity (Wildman–Crippen MR) is 124 cm³/mol. The molecule has 3 rings (SSSR count). The number of anilines is 1. The number of halogens is 3. The van der Waals surface area contributed by atoms with E-state index in [1.54, 1.807) is 11.8 Å². The Kier molecular flexibility index (Phi) is 7.90. The molecule has 1 fully saturated rings. The van der Waals surface area contributed by atoms with E-state index in [4.69, 9.17) is 34.8 Å². The standard InChI is InChI=1S/C20H26Cl3N5S/c1-13(2)28-10-8-14(9-11-28)12-24-19-26-17(25-18(27-19)20(21,22)23)15-4-6-16(29-3)7-5-15/h4-7,13-14H,8-12H2,1-3H3,(H,24,25,26,27). The fourth-order valence-corrected chi connectivity index (χ4v) is 4.02. The van der Waals surface area contributed by atoms with Crippen molar-refractivity contribution in [2.45, 2.75) is 41.4 Å². The summed E-state index contributed by atoms with van der Waals surface area (Å²) in [6.07, 6.45) is 4.33. The first-order chi connectivity index (χ1) is 13.8. The van der Waals surface area contributed by atoms with Gasteiger partial charge in [0.2, 0.25) is 9.74 Å². The second-order valence-electron chi connectivity index (χ2n) is 7.49. The van der Waals surface area contributed by atoms with E-state index >= 15 is 0 Å². The molecule has 9 heteroatoms. The van der Waals surface area contributed by atoms with E-state index in [0.29, 0.717) is 23.7 Å². The molecular weight excluding hydrogens is 449 g/mol. The third-order valence-electron chi connectivity index (χ3n) is 5.17. The second-order valence-corrected chi connectivity index (χ2v) is 10.6. The Labute approximate surface area is 191 Å². The first-order valence-electron chi connectivity index (χ1n) is 9.72. The molecule has 1 N–H and O–H groups in total. The zero-order valence-corrected chi connectivity index (χ0v) is 19.9. The number of hydrogen-bond acceptors (Lipinski definition) is 6. The van der Waals surface area contributed by atoms with E-state index in [-0.39, 0.29) is 5.82 Å². The van der Waals surface area contributed by atoms with Gasteiger partial charge in [0, 0.05) is 23.0 Å². The van der Waals surface area contributed by atoms with Crippen molar-refractivity contribution in [3.8, 4) is 11.4 Å². The van der Waals surface area contributed by atoms with Gasteiger partial charge in [0.15, 0.2) is 11.6 Å². The quantitative estimate of drug-likeness (QED) is 0.433. The number of likely N-dealkylation sites (tertiary alicyclic amines) is 1. The van der Waals surface area contributed by atoms with Crippen molar-refractivity contribution < 1.29 is 0 Å². The van der Waals surface area contributed by atoms with Crippen molar-refractivity contribution in [2.24, 2.45) is 5.92 Å². The van der Waals surface area contributed by atoms with Crippen molar-refractivity contribution >= 4 is 52.5 Å². The smallest absolute Gasteiger partial charge is 0.250 e. The average Bonchev–Trinajstić information content (AvgIpc) is 2.71. The van der Waals surface area contributed by atoms with Gasteiger partial charge in [-0.25, -0.2) is 4.98 Å². The zero-order valence-electron chi connectivity index (χ0n) is 16.8. The number of thioether (sulfide) groups is 1. The Morgan fingerprint density at radius 3 is 2.31 bits per heavy atom. The van der Waals surface area contributed by atoms with Crippen molar-refractivity contribution in [1.29, 1.82) is 0 Å². The molecule has 0 aliphatic carbocycles. The molecule has 0 radical (unpaired) electrons. The molecule has 0 saturated carbocycles. The lowest BCUT2D eigenvalue weighted by Gasteiger charge is -2.34. The van der Waals surface area contributed by atoms with Crippen molar-refractivity contribution in [3.05, 3.63) is 30.1 Å². The van der Waals surface area contributed by atoms with Gasteiger partial charge in [0.05, 0.1) is 0 Å². The number of piperidine rings is 1. The van der Waals surface area contributed by atoms with Crippen LogP contribution in [0.1, 0.15) is 32.5 Å². The van der Waals surface area contributed by atoms with Crippen LogP contribution in [-0.2, 0) is 3.79 Å². The van der Waals surface area contributed by atoms with Gasteiger partial charge < -0.3 is 10.2 Å². The van der Waals surface area contributed by atoms with Crippen LogP contribution in [0.4, 0.5) is 5.95 Å². The molecule has 2 aromatic rings. The number of alkyl halides is 3. The minimum absolute atomic E-state index is 0.124. The van der Waals surface area contributed by atoms with Gasteiger partial charge in [-0.2, -0.15) is 9.97 Å². The molecule has 0 bridgehead atoms. The first-order valence-corrected chi connectivity index (χ1v) is 12.1. The summed E-state index contributed by atoms with van der Waals surface area (Å²) in [6, 6.07) is 8.58. The number of nitrogens with zero attached hydrogens (tertiary/aromatic N) is 4. The molecule has 158 valence electrons. The van der Waals surface area contributed by atoms with Gasteiger partial charge >= 0.3 is 0 Å². The number of benzene rings is 1. The van der Waals surface area contributed by atoms with Gasteiger partial charge in [-0.1, -0.05) is 46.9 Å². The predicted octanol–water partition coefficient (Wildman–Crippen LogP) is 5.62. The van der Waals surface area contributed by atoms with Crippen LogP contribution in [0.15, 0.2) is 29.2 Å². The van der Waals surface area contributed by atoms with Crippen LogP contribution < -0.4 is 5.32 Å². The third kappa shape index (κ3) is 6.34. The van der Waals surface area contributed by atoms with Gasteiger partial charge in [-0.05, 0) is 64.1 Å². The van der Waals surface area contributed by atoms with Gasteiger partial charge in [-0.3, -0.25) is 0 Å². The summed E-state index contributed by atoms with van der Waals surface area (Å²) in [5.41, 5.74) is 0.856. The molecule has 0 amide bonds. The van der Waals surface area contributed by atoms with Crippen LogP contribution in [-0.4, -0.2) is 51.8 Å². The average molecular weight is 475 g/mol. The Bertz CT molecular complexity index is 803. The molecule has 1 aliphatic rings. The van der Waals surface area contributed by atoms with E-state index in [1.807, 2.05) is 30.5 Å². The number of rotatable bonds is 6. The summed E-state index contributed by atoms with van der Waals surface area (Å²) in [4.78, 5) is 17.0. The fraction of sp³-hybridized carbons (Fsp3) is 0.550. The normalized spacial score (nSPS) is 16.4. The summed E-state index contributed by atoms with van der Waals surface area (Å²) in [7, 11) is 0. The van der Waals surface area contributed by atoms with Crippen molar-refractivity contribution in [3.63, 3.8) is 0 Å². The lowest BCUT2D eigenvalue weighted by molar-refractivity contribution is 0.153. The van der Waals surface area contributed by atoms with E-state index in [1.165, 1.54) is 0 Å². The van der Waals surface area contributed by atoms with E-state index < -0.39 is 3.79 Å². The Hall–Kier alpha value is -0.790. The van der Waals surface area contributed by atoms with Gasteiger partial charge in [-0.15, -0.1) is 11.8 Å². The maximum Gasteiger partial charge on any atom is 0.250 e. The highest BCUT2D eigenvalue weighted by Gasteiger charge is 2.29. The molecule has 1 aromatic heterocycles. The SMILES string of the molecule is CSc1ccc(-c2nc(NCC3CCN(C(C)C)CC3)nc(C(Cl)(Cl)Cl)n2)cc1. The number of nitrogens with one attached hydrogen (secondary N) is 1. The number of hydrogen-bond donors (Lipinski definition) is 1. The Morgan fingerprint density at radius 1 is 1.10 bits per heavy atom. The molecular formula is C20H26Cl3N5S. The third-order valence-corrected chi connectivity index (χ3v) is 6.42. The molecule has 5 nitrogen and oxygen atoms in total. The highest BCUT2D eigenvalue weighted by atomic mass is 35.6. The van der Waals surface area contributed by atoms with Gasteiger partial charge in [0.25, 0.3) is 0 Å². The lowest BCUT2D eigenvalue weighted by Crippen LogP contribution is -2.40. The fourth-order valence-electron chi connectivity index (χ4n) is 3.36. The van der Waals surface area contributed by atoms with Crippen LogP contribution in [0.5, 0.6) is 0 Å². The molecule has 0 atom stereocenters. The van der Waals surface area contributed by atoms with Crippen molar-refractivity contribution in [1.82, 2.24) is 19.9 Å². The largest absolute Gasteiger partial charge is 0.354 e. The van der Waals surface area contributed by atoms with E-state index in [9.17, 15) is 0 Å². The minimum Gasteiger partial charge on any atom is -0.354 e. The molecule has 0 spiro atoms. The Morgan fingerprint density at radius 2 is 1.76 bits per heavy atom. The molecule has 29 heavy (non-hydrogen) atoms. The lowest BCUT2D eigenvalue weighted by atomic mass is 9.96. The molecule has 2 heterocycles. The highest BCUT2D eigenvalue weighted by Crippen LogP contribution is 2.37. The maximum absolute atomic E-state index is 6.07. The number of aromatic nitrogens is 3. The monoisotopic (exact) mass is 473 g/mol. The molecule has 1 saturated heterocycles. The summed E-state index contributed by atoms with van der Waals surface area (Å²) < 4.78 is -1.71. The molecule has 1 aliphatic heterocycles. The van der Waals surface area contributed by atoms with Crippen molar-refractivity contribution in [2.75, 3.05) is 31.2 Å². The van der Waals surface area contributed by atoms with Crippen LogP contribution in [0.2, 0.25) is 0 Å². The Balaban J connectivity index is 1.75. The first kappa shape index (κ1) is 22.9. The topological polar surface area (TPSA) is 53.9 Å².